The Morgan fingerprint density at radius 1 is 1.00 bits per heavy atom. The highest BCUT2D eigenvalue weighted by Crippen LogP contribution is 2.33. The van der Waals surface area contributed by atoms with E-state index in [-0.39, 0.29) is 18.1 Å². The van der Waals surface area contributed by atoms with Crippen LogP contribution in [-0.2, 0) is 12.4 Å². The lowest BCUT2D eigenvalue weighted by Crippen LogP contribution is -2.20. The molecule has 0 spiro atoms. The molecule has 1 unspecified atom stereocenters. The van der Waals surface area contributed by atoms with Crippen molar-refractivity contribution in [3.05, 3.63) is 59.0 Å². The molecule has 3 nitrogen and oxygen atoms in total. The summed E-state index contributed by atoms with van der Waals surface area (Å²) in [6, 6.07) is 2.90. The normalized spacial score (nSPS) is 13.6. The summed E-state index contributed by atoms with van der Waals surface area (Å²) < 4.78 is 93.5. The Balaban J connectivity index is 2.07. The van der Waals surface area contributed by atoms with Gasteiger partial charge in [0.15, 0.2) is 0 Å². The van der Waals surface area contributed by atoms with Gasteiger partial charge in [0, 0.05) is 12.3 Å². The number of aromatic nitrogens is 1. The Bertz CT molecular complexity index is 726. The summed E-state index contributed by atoms with van der Waals surface area (Å²) in [6.45, 7) is -0.360. The van der Waals surface area contributed by atoms with Gasteiger partial charge in [-0.15, -0.1) is 0 Å². The molecule has 1 aromatic heterocycles. The van der Waals surface area contributed by atoms with E-state index >= 15 is 0 Å². The molecule has 1 aromatic carbocycles. The molecule has 136 valence electrons. The van der Waals surface area contributed by atoms with Crippen LogP contribution in [0.25, 0.3) is 0 Å². The predicted octanol–water partition coefficient (Wildman–Crippen LogP) is 4.34. The molecule has 2 N–H and O–H groups in total. The Hall–Kier alpha value is -2.36. The lowest BCUT2D eigenvalue weighted by atomic mass is 10.0. The van der Waals surface area contributed by atoms with Crippen molar-refractivity contribution in [1.29, 1.82) is 0 Å². The van der Waals surface area contributed by atoms with Crippen LogP contribution in [0.1, 0.15) is 22.7 Å². The average molecular weight is 368 g/mol. The molecule has 1 heterocycles. The third-order valence-corrected chi connectivity index (χ3v) is 3.20. The summed E-state index contributed by atoms with van der Waals surface area (Å²) in [7, 11) is 0. The molecule has 0 aliphatic carbocycles. The standard InChI is InChI=1S/C15H11F7N2O/c16-11-3-1-8(5-10(11)15(20,21)22)12(23)7-25-13-4-2-9(6-24-13)14(17,18)19/h1-6,12H,7,23H2. The highest BCUT2D eigenvalue weighted by molar-refractivity contribution is 5.29. The maximum absolute atomic E-state index is 13.2. The van der Waals surface area contributed by atoms with Crippen molar-refractivity contribution < 1.29 is 35.5 Å². The molecule has 0 aliphatic rings. The molecule has 0 fully saturated rings. The average Bonchev–Trinajstić information content (AvgIpc) is 2.51. The van der Waals surface area contributed by atoms with Gasteiger partial charge >= 0.3 is 12.4 Å². The van der Waals surface area contributed by atoms with Crippen LogP contribution >= 0.6 is 0 Å². The Labute approximate surface area is 137 Å². The fourth-order valence-electron chi connectivity index (χ4n) is 1.90. The van der Waals surface area contributed by atoms with Crippen molar-refractivity contribution in [2.45, 2.75) is 18.4 Å². The van der Waals surface area contributed by atoms with E-state index in [1.807, 2.05) is 0 Å². The van der Waals surface area contributed by atoms with Crippen molar-refractivity contribution in [2.75, 3.05) is 6.61 Å². The minimum atomic E-state index is -4.88. The van der Waals surface area contributed by atoms with Crippen LogP contribution in [0.4, 0.5) is 30.7 Å². The molecule has 0 saturated carbocycles. The number of nitrogens with zero attached hydrogens (tertiary/aromatic N) is 1. The molecular formula is C15H11F7N2O. The summed E-state index contributed by atoms with van der Waals surface area (Å²) >= 11 is 0. The SMILES string of the molecule is NC(COc1ccc(C(F)(F)F)cn1)c1ccc(F)c(C(F)(F)F)c1. The molecule has 2 aromatic rings. The second-order valence-electron chi connectivity index (χ2n) is 5.04. The fourth-order valence-corrected chi connectivity index (χ4v) is 1.90. The number of rotatable bonds is 4. The van der Waals surface area contributed by atoms with E-state index in [9.17, 15) is 30.7 Å². The quantitative estimate of drug-likeness (QED) is 0.817. The Kier molecular flexibility index (Phi) is 5.21. The summed E-state index contributed by atoms with van der Waals surface area (Å²) in [6.07, 6.45) is -8.87. The van der Waals surface area contributed by atoms with Crippen LogP contribution in [0.2, 0.25) is 0 Å². The minimum absolute atomic E-state index is 0.0411. The first-order valence-electron chi connectivity index (χ1n) is 6.77. The predicted molar refractivity (Wildman–Crippen MR) is 73.1 cm³/mol. The summed E-state index contributed by atoms with van der Waals surface area (Å²) in [5.41, 5.74) is 3.20. The van der Waals surface area contributed by atoms with E-state index in [2.05, 4.69) is 4.98 Å². The number of benzene rings is 1. The third-order valence-electron chi connectivity index (χ3n) is 3.20. The van der Waals surface area contributed by atoms with E-state index in [0.29, 0.717) is 18.3 Å². The molecule has 10 heteroatoms. The van der Waals surface area contributed by atoms with E-state index in [4.69, 9.17) is 10.5 Å². The molecule has 1 atom stereocenters. The second-order valence-corrected chi connectivity index (χ2v) is 5.04. The van der Waals surface area contributed by atoms with Gasteiger partial charge in [-0.3, -0.25) is 0 Å². The van der Waals surface area contributed by atoms with Gasteiger partial charge in [0.25, 0.3) is 0 Å². The van der Waals surface area contributed by atoms with Crippen molar-refractivity contribution in [3.63, 3.8) is 0 Å². The van der Waals surface area contributed by atoms with Gasteiger partial charge in [-0.05, 0) is 23.8 Å². The monoisotopic (exact) mass is 368 g/mol. The maximum Gasteiger partial charge on any atom is 0.419 e. The van der Waals surface area contributed by atoms with Crippen LogP contribution in [0.5, 0.6) is 5.88 Å². The highest BCUT2D eigenvalue weighted by Gasteiger charge is 2.34. The van der Waals surface area contributed by atoms with Crippen LogP contribution < -0.4 is 10.5 Å². The molecule has 0 radical (unpaired) electrons. The topological polar surface area (TPSA) is 48.1 Å². The minimum Gasteiger partial charge on any atom is -0.476 e. The molecule has 0 amide bonds. The number of hydrogen-bond donors (Lipinski definition) is 1. The van der Waals surface area contributed by atoms with Crippen molar-refractivity contribution in [1.82, 2.24) is 4.98 Å². The zero-order valence-electron chi connectivity index (χ0n) is 12.3. The van der Waals surface area contributed by atoms with E-state index < -0.39 is 35.3 Å². The first kappa shape index (κ1) is 19.0. The largest absolute Gasteiger partial charge is 0.476 e. The molecule has 0 aliphatic heterocycles. The zero-order chi connectivity index (χ0) is 18.8. The first-order chi connectivity index (χ1) is 11.5. The molecule has 0 bridgehead atoms. The van der Waals surface area contributed by atoms with Gasteiger partial charge in [-0.2, -0.15) is 26.3 Å². The zero-order valence-corrected chi connectivity index (χ0v) is 12.3. The smallest absolute Gasteiger partial charge is 0.419 e. The van der Waals surface area contributed by atoms with E-state index in [1.165, 1.54) is 0 Å². The fraction of sp³-hybridized carbons (Fsp3) is 0.267. The molecule has 0 saturated heterocycles. The van der Waals surface area contributed by atoms with Gasteiger partial charge in [0.2, 0.25) is 5.88 Å². The van der Waals surface area contributed by atoms with Gasteiger partial charge in [0.1, 0.15) is 12.4 Å². The number of pyridine rings is 1. The number of nitrogens with two attached hydrogens (primary N) is 1. The Morgan fingerprint density at radius 2 is 1.68 bits per heavy atom. The van der Waals surface area contributed by atoms with Crippen molar-refractivity contribution >= 4 is 0 Å². The van der Waals surface area contributed by atoms with Crippen molar-refractivity contribution in [2.24, 2.45) is 5.73 Å². The lowest BCUT2D eigenvalue weighted by Gasteiger charge is -2.16. The summed E-state index contributed by atoms with van der Waals surface area (Å²) in [5.74, 6) is -1.62. The molecular weight excluding hydrogens is 357 g/mol. The Morgan fingerprint density at radius 3 is 2.20 bits per heavy atom. The number of alkyl halides is 6. The van der Waals surface area contributed by atoms with Crippen LogP contribution in [0.3, 0.4) is 0 Å². The van der Waals surface area contributed by atoms with Gasteiger partial charge in [-0.25, -0.2) is 9.37 Å². The van der Waals surface area contributed by atoms with Gasteiger partial charge in [0.05, 0.1) is 17.2 Å². The maximum atomic E-state index is 13.2. The number of ether oxygens (including phenoxy) is 1. The number of halogens is 7. The molecule has 25 heavy (non-hydrogen) atoms. The number of hydrogen-bond acceptors (Lipinski definition) is 3. The summed E-state index contributed by atoms with van der Waals surface area (Å²) in [4.78, 5) is 3.44. The lowest BCUT2D eigenvalue weighted by molar-refractivity contribution is -0.140. The summed E-state index contributed by atoms with van der Waals surface area (Å²) in [5, 5.41) is 0. The van der Waals surface area contributed by atoms with Crippen molar-refractivity contribution in [3.8, 4) is 5.88 Å². The van der Waals surface area contributed by atoms with Gasteiger partial charge in [-0.1, -0.05) is 6.07 Å². The van der Waals surface area contributed by atoms with Crippen LogP contribution in [-0.4, -0.2) is 11.6 Å². The van der Waals surface area contributed by atoms with Crippen LogP contribution in [0.15, 0.2) is 36.5 Å². The van der Waals surface area contributed by atoms with E-state index in [1.54, 1.807) is 0 Å². The van der Waals surface area contributed by atoms with E-state index in [0.717, 1.165) is 18.2 Å². The first-order valence-corrected chi connectivity index (χ1v) is 6.77. The molecule has 2 rings (SSSR count). The highest BCUT2D eigenvalue weighted by atomic mass is 19.4. The third kappa shape index (κ3) is 4.81. The van der Waals surface area contributed by atoms with Gasteiger partial charge < -0.3 is 10.5 Å². The second kappa shape index (κ2) is 6.87. The van der Waals surface area contributed by atoms with Crippen LogP contribution in [0, 0.1) is 5.82 Å².